The molecule has 0 saturated carbocycles. The average Bonchev–Trinajstić information content (AvgIpc) is 2.78. The van der Waals surface area contributed by atoms with E-state index in [2.05, 4.69) is 17.4 Å². The molecule has 1 heterocycles. The SMILES string of the molecule is CC(CCCc1ccccc1)[C@H](O)/C=C/[C@H]1CC(F)(F)C(=O)N1. The molecule has 1 fully saturated rings. The number of nitrogens with one attached hydrogen (secondary N) is 1. The normalized spacial score (nSPS) is 23.0. The number of rotatable bonds is 7. The maximum Gasteiger partial charge on any atom is 0.326 e. The van der Waals surface area contributed by atoms with E-state index in [0.29, 0.717) is 0 Å². The lowest BCUT2D eigenvalue weighted by molar-refractivity contribution is -0.139. The molecule has 1 unspecified atom stereocenters. The van der Waals surface area contributed by atoms with Crippen LogP contribution >= 0.6 is 0 Å². The molecule has 2 N–H and O–H groups in total. The van der Waals surface area contributed by atoms with E-state index >= 15 is 0 Å². The molecule has 0 radical (unpaired) electrons. The first-order chi connectivity index (χ1) is 10.9. The molecule has 1 saturated heterocycles. The van der Waals surface area contributed by atoms with Gasteiger partial charge in [0.2, 0.25) is 0 Å². The van der Waals surface area contributed by atoms with Crippen molar-refractivity contribution in [2.45, 2.75) is 50.7 Å². The minimum Gasteiger partial charge on any atom is -0.389 e. The van der Waals surface area contributed by atoms with Gasteiger partial charge in [-0.3, -0.25) is 4.79 Å². The molecule has 126 valence electrons. The number of benzene rings is 1. The summed E-state index contributed by atoms with van der Waals surface area (Å²) < 4.78 is 26.2. The summed E-state index contributed by atoms with van der Waals surface area (Å²) in [4.78, 5) is 11.0. The molecule has 5 heteroatoms. The predicted molar refractivity (Wildman–Crippen MR) is 85.2 cm³/mol. The van der Waals surface area contributed by atoms with Gasteiger partial charge in [0.15, 0.2) is 0 Å². The number of carbonyl (C=O) groups is 1. The Bertz CT molecular complexity index is 545. The number of aliphatic hydroxyl groups excluding tert-OH is 1. The Kier molecular flexibility index (Phi) is 5.88. The van der Waals surface area contributed by atoms with Gasteiger partial charge in [-0.15, -0.1) is 0 Å². The molecule has 1 aliphatic rings. The Morgan fingerprint density at radius 2 is 2.09 bits per heavy atom. The molecule has 23 heavy (non-hydrogen) atoms. The fourth-order valence-corrected chi connectivity index (χ4v) is 2.69. The number of aryl methyl sites for hydroxylation is 1. The molecular weight excluding hydrogens is 300 g/mol. The van der Waals surface area contributed by atoms with Crippen molar-refractivity contribution in [3.05, 3.63) is 48.0 Å². The van der Waals surface area contributed by atoms with Crippen LogP contribution in [-0.2, 0) is 11.2 Å². The smallest absolute Gasteiger partial charge is 0.326 e. The Morgan fingerprint density at radius 3 is 2.70 bits per heavy atom. The first-order valence-corrected chi connectivity index (χ1v) is 7.97. The van der Waals surface area contributed by atoms with Gasteiger partial charge in [-0.25, -0.2) is 0 Å². The zero-order valence-corrected chi connectivity index (χ0v) is 13.2. The van der Waals surface area contributed by atoms with E-state index in [1.54, 1.807) is 0 Å². The minimum absolute atomic E-state index is 0.0348. The zero-order chi connectivity index (χ0) is 16.9. The van der Waals surface area contributed by atoms with Crippen LogP contribution in [0.3, 0.4) is 0 Å². The van der Waals surface area contributed by atoms with Crippen molar-refractivity contribution in [2.24, 2.45) is 5.92 Å². The number of amides is 1. The highest BCUT2D eigenvalue weighted by Gasteiger charge is 2.47. The van der Waals surface area contributed by atoms with Crippen LogP contribution in [0.2, 0.25) is 0 Å². The second kappa shape index (κ2) is 7.68. The van der Waals surface area contributed by atoms with Crippen molar-refractivity contribution in [1.29, 1.82) is 0 Å². The summed E-state index contributed by atoms with van der Waals surface area (Å²) in [7, 11) is 0. The maximum absolute atomic E-state index is 13.1. The largest absolute Gasteiger partial charge is 0.389 e. The highest BCUT2D eigenvalue weighted by Crippen LogP contribution is 2.27. The van der Waals surface area contributed by atoms with Crippen LogP contribution in [-0.4, -0.2) is 29.1 Å². The summed E-state index contributed by atoms with van der Waals surface area (Å²) in [5.74, 6) is -4.51. The van der Waals surface area contributed by atoms with Crippen molar-refractivity contribution in [3.63, 3.8) is 0 Å². The van der Waals surface area contributed by atoms with Crippen molar-refractivity contribution >= 4 is 5.91 Å². The lowest BCUT2D eigenvalue weighted by Crippen LogP contribution is -2.30. The summed E-state index contributed by atoms with van der Waals surface area (Å²) >= 11 is 0. The van der Waals surface area contributed by atoms with E-state index in [0.717, 1.165) is 19.3 Å². The summed E-state index contributed by atoms with van der Waals surface area (Å²) in [6.07, 6.45) is 4.49. The van der Waals surface area contributed by atoms with E-state index in [-0.39, 0.29) is 5.92 Å². The van der Waals surface area contributed by atoms with E-state index in [4.69, 9.17) is 0 Å². The number of hydrogen-bond acceptors (Lipinski definition) is 2. The fourth-order valence-electron chi connectivity index (χ4n) is 2.69. The van der Waals surface area contributed by atoms with Crippen LogP contribution in [0.5, 0.6) is 0 Å². The van der Waals surface area contributed by atoms with Crippen molar-refractivity contribution in [2.75, 3.05) is 0 Å². The molecule has 0 aromatic heterocycles. The van der Waals surface area contributed by atoms with Crippen molar-refractivity contribution < 1.29 is 18.7 Å². The molecule has 1 aromatic carbocycles. The first-order valence-electron chi connectivity index (χ1n) is 7.97. The van der Waals surface area contributed by atoms with Gasteiger partial charge >= 0.3 is 5.92 Å². The van der Waals surface area contributed by atoms with Gasteiger partial charge in [-0.05, 0) is 30.7 Å². The zero-order valence-electron chi connectivity index (χ0n) is 13.2. The molecule has 1 aliphatic heterocycles. The number of alkyl halides is 2. The first kappa shape index (κ1) is 17.6. The molecule has 1 aromatic rings. The Labute approximate surface area is 135 Å². The Hall–Kier alpha value is -1.75. The summed E-state index contributed by atoms with van der Waals surface area (Å²) in [5, 5.41) is 12.3. The van der Waals surface area contributed by atoms with E-state index < -0.39 is 30.4 Å². The maximum atomic E-state index is 13.1. The molecule has 3 nitrogen and oxygen atoms in total. The van der Waals surface area contributed by atoms with Crippen LogP contribution in [0.15, 0.2) is 42.5 Å². The van der Waals surface area contributed by atoms with E-state index in [1.165, 1.54) is 17.7 Å². The summed E-state index contributed by atoms with van der Waals surface area (Å²) in [5.41, 5.74) is 1.26. The van der Waals surface area contributed by atoms with E-state index in [9.17, 15) is 18.7 Å². The lowest BCUT2D eigenvalue weighted by atomic mass is 9.95. The number of carbonyl (C=O) groups excluding carboxylic acids is 1. The average molecular weight is 323 g/mol. The predicted octanol–water partition coefficient (Wildman–Crippen LogP) is 3.09. The Morgan fingerprint density at radius 1 is 1.39 bits per heavy atom. The van der Waals surface area contributed by atoms with Gasteiger partial charge in [-0.2, -0.15) is 8.78 Å². The van der Waals surface area contributed by atoms with E-state index in [1.807, 2.05) is 25.1 Å². The van der Waals surface area contributed by atoms with Crippen LogP contribution < -0.4 is 5.32 Å². The quantitative estimate of drug-likeness (QED) is 0.758. The van der Waals surface area contributed by atoms with Gasteiger partial charge in [0.1, 0.15) is 0 Å². The lowest BCUT2D eigenvalue weighted by Gasteiger charge is -2.16. The monoisotopic (exact) mass is 323 g/mol. The highest BCUT2D eigenvalue weighted by atomic mass is 19.3. The third kappa shape index (κ3) is 5.13. The minimum atomic E-state index is -3.30. The van der Waals surface area contributed by atoms with Crippen LogP contribution in [0.4, 0.5) is 8.78 Å². The molecule has 3 atom stereocenters. The van der Waals surface area contributed by atoms with Gasteiger partial charge < -0.3 is 10.4 Å². The highest BCUT2D eigenvalue weighted by molar-refractivity contribution is 5.86. The molecular formula is C18H23F2NO2. The van der Waals surface area contributed by atoms with Crippen LogP contribution in [0.25, 0.3) is 0 Å². The second-order valence-corrected chi connectivity index (χ2v) is 6.22. The van der Waals surface area contributed by atoms with Crippen molar-refractivity contribution in [1.82, 2.24) is 5.32 Å². The van der Waals surface area contributed by atoms with Crippen LogP contribution in [0, 0.1) is 5.92 Å². The summed E-state index contributed by atoms with van der Waals surface area (Å²) in [6, 6.07) is 9.42. The van der Waals surface area contributed by atoms with Gasteiger partial charge in [0, 0.05) is 6.42 Å². The van der Waals surface area contributed by atoms with Gasteiger partial charge in [0.25, 0.3) is 5.91 Å². The fraction of sp³-hybridized carbons (Fsp3) is 0.500. The Balaban J connectivity index is 1.73. The molecule has 2 rings (SSSR count). The molecule has 0 aliphatic carbocycles. The number of aliphatic hydroxyl groups is 1. The van der Waals surface area contributed by atoms with Gasteiger partial charge in [0.05, 0.1) is 12.1 Å². The number of halogens is 2. The van der Waals surface area contributed by atoms with Crippen molar-refractivity contribution in [3.8, 4) is 0 Å². The third-order valence-corrected chi connectivity index (χ3v) is 4.22. The number of hydrogen-bond donors (Lipinski definition) is 2. The molecule has 1 amide bonds. The standard InChI is InChI=1S/C18H23F2NO2/c1-13(6-5-9-14-7-3-2-4-8-14)16(22)11-10-15-12-18(19,20)17(23)21-15/h2-4,7-8,10-11,13,15-16,22H,5-6,9,12H2,1H3,(H,21,23)/b11-10+/t13?,15-,16+/m0/s1. The summed E-state index contributed by atoms with van der Waals surface area (Å²) in [6.45, 7) is 1.93. The molecule has 0 spiro atoms. The molecule has 0 bridgehead atoms. The topological polar surface area (TPSA) is 49.3 Å². The van der Waals surface area contributed by atoms with Crippen LogP contribution in [0.1, 0.15) is 31.7 Å². The van der Waals surface area contributed by atoms with Gasteiger partial charge in [-0.1, -0.05) is 49.4 Å². The second-order valence-electron chi connectivity index (χ2n) is 6.22. The third-order valence-electron chi connectivity index (χ3n) is 4.22.